The Labute approximate surface area is 156 Å². The predicted molar refractivity (Wildman–Crippen MR) is 95.3 cm³/mol. The van der Waals surface area contributed by atoms with Gasteiger partial charge in [0.2, 0.25) is 0 Å². The third-order valence-electron chi connectivity index (χ3n) is 6.04. The lowest BCUT2D eigenvalue weighted by Gasteiger charge is -2.47. The highest BCUT2D eigenvalue weighted by molar-refractivity contribution is 4.98. The largest absolute Gasteiger partial charge is 0.417 e. The molecule has 0 amide bonds. The molecule has 0 aromatic heterocycles. The van der Waals surface area contributed by atoms with Gasteiger partial charge in [-0.3, -0.25) is 0 Å². The molecular formula is C20H34F3NO2. The van der Waals surface area contributed by atoms with Crippen LogP contribution in [0, 0.1) is 28.6 Å². The average molecular weight is 377 g/mol. The Morgan fingerprint density at radius 1 is 1.19 bits per heavy atom. The van der Waals surface area contributed by atoms with Gasteiger partial charge in [0.25, 0.3) is 0 Å². The number of alkyl halides is 3. The highest BCUT2D eigenvalue weighted by atomic mass is 19.4. The lowest BCUT2D eigenvalue weighted by Crippen LogP contribution is -2.53. The van der Waals surface area contributed by atoms with Crippen molar-refractivity contribution in [2.75, 3.05) is 6.61 Å². The van der Waals surface area contributed by atoms with Crippen LogP contribution in [0.5, 0.6) is 0 Å². The lowest BCUT2D eigenvalue weighted by atomic mass is 9.62. The summed E-state index contributed by atoms with van der Waals surface area (Å²) in [6.07, 6.45) is -2.13. The Balaban J connectivity index is 2.86. The molecule has 152 valence electrons. The first kappa shape index (κ1) is 23.2. The van der Waals surface area contributed by atoms with Gasteiger partial charge in [-0.2, -0.15) is 18.4 Å². The first-order chi connectivity index (χ1) is 12.0. The minimum Gasteiger partial charge on any atom is -0.353 e. The first-order valence-electron chi connectivity index (χ1n) is 9.79. The van der Waals surface area contributed by atoms with Crippen LogP contribution >= 0.6 is 0 Å². The second-order valence-electron chi connectivity index (χ2n) is 8.06. The first-order valence-corrected chi connectivity index (χ1v) is 9.79. The van der Waals surface area contributed by atoms with Gasteiger partial charge in [-0.1, -0.05) is 27.2 Å². The third-order valence-corrected chi connectivity index (χ3v) is 6.04. The molecule has 1 aliphatic rings. The van der Waals surface area contributed by atoms with E-state index in [9.17, 15) is 13.2 Å². The van der Waals surface area contributed by atoms with Gasteiger partial charge in [-0.25, -0.2) is 0 Å². The van der Waals surface area contributed by atoms with Crippen molar-refractivity contribution in [3.05, 3.63) is 0 Å². The zero-order valence-corrected chi connectivity index (χ0v) is 16.8. The van der Waals surface area contributed by atoms with Gasteiger partial charge in [-0.15, -0.1) is 0 Å². The van der Waals surface area contributed by atoms with E-state index in [0.29, 0.717) is 19.4 Å². The van der Waals surface area contributed by atoms with E-state index in [-0.39, 0.29) is 30.1 Å². The molecule has 1 aliphatic carbocycles. The van der Waals surface area contributed by atoms with Crippen LogP contribution in [0.2, 0.25) is 0 Å². The molecule has 0 radical (unpaired) electrons. The molecule has 26 heavy (non-hydrogen) atoms. The van der Waals surface area contributed by atoms with Gasteiger partial charge < -0.3 is 9.47 Å². The smallest absolute Gasteiger partial charge is 0.353 e. The van der Waals surface area contributed by atoms with Gasteiger partial charge in [0.05, 0.1) is 6.07 Å². The minimum atomic E-state index is -4.41. The van der Waals surface area contributed by atoms with E-state index >= 15 is 0 Å². The molecule has 0 bridgehead atoms. The second kappa shape index (κ2) is 9.41. The number of hydrogen-bond acceptors (Lipinski definition) is 3. The fourth-order valence-electron chi connectivity index (χ4n) is 4.23. The summed E-state index contributed by atoms with van der Waals surface area (Å²) in [5.41, 5.74) is -2.23. The Kier molecular flexibility index (Phi) is 8.41. The SMILES string of the molecule is CCCOC(C)OC1(C(F)(F)F)CCC(C(C)(CC)CC(C)C#N)CC1. The highest BCUT2D eigenvalue weighted by Gasteiger charge is 2.59. The molecule has 3 atom stereocenters. The summed E-state index contributed by atoms with van der Waals surface area (Å²) in [4.78, 5) is 0. The van der Waals surface area contributed by atoms with E-state index in [1.54, 1.807) is 6.92 Å². The fraction of sp³-hybridized carbons (Fsp3) is 0.950. The van der Waals surface area contributed by atoms with Crippen molar-refractivity contribution in [1.29, 1.82) is 5.26 Å². The Morgan fingerprint density at radius 3 is 2.19 bits per heavy atom. The van der Waals surface area contributed by atoms with Crippen molar-refractivity contribution in [3.63, 3.8) is 0 Å². The van der Waals surface area contributed by atoms with E-state index in [2.05, 4.69) is 19.9 Å². The van der Waals surface area contributed by atoms with Crippen molar-refractivity contribution in [1.82, 2.24) is 0 Å². The van der Waals surface area contributed by atoms with Crippen molar-refractivity contribution >= 4 is 0 Å². The fourth-order valence-corrected chi connectivity index (χ4v) is 4.23. The summed E-state index contributed by atoms with van der Waals surface area (Å²) in [7, 11) is 0. The van der Waals surface area contributed by atoms with Gasteiger partial charge in [0, 0.05) is 12.5 Å². The normalized spacial score (nSPS) is 28.8. The molecule has 0 aromatic carbocycles. The van der Waals surface area contributed by atoms with Crippen LogP contribution in [-0.4, -0.2) is 24.7 Å². The summed E-state index contributed by atoms with van der Waals surface area (Å²) in [5, 5.41) is 9.12. The van der Waals surface area contributed by atoms with E-state index < -0.39 is 18.1 Å². The summed E-state index contributed by atoms with van der Waals surface area (Å²) in [6, 6.07) is 2.26. The number of ether oxygens (including phenoxy) is 2. The van der Waals surface area contributed by atoms with Crippen LogP contribution in [0.1, 0.15) is 79.6 Å². The van der Waals surface area contributed by atoms with Crippen LogP contribution in [0.15, 0.2) is 0 Å². The molecule has 1 saturated carbocycles. The number of rotatable bonds is 9. The molecule has 0 spiro atoms. The van der Waals surface area contributed by atoms with E-state index in [1.807, 2.05) is 13.8 Å². The number of nitrogens with zero attached hydrogens (tertiary/aromatic N) is 1. The zero-order valence-electron chi connectivity index (χ0n) is 16.8. The highest BCUT2D eigenvalue weighted by Crippen LogP contribution is 2.52. The average Bonchev–Trinajstić information content (AvgIpc) is 2.59. The third kappa shape index (κ3) is 5.60. The Hall–Kier alpha value is -0.800. The molecular weight excluding hydrogens is 343 g/mol. The molecule has 0 heterocycles. The Bertz CT molecular complexity index is 467. The van der Waals surface area contributed by atoms with Crippen molar-refractivity contribution < 1.29 is 22.6 Å². The molecule has 0 saturated heterocycles. The van der Waals surface area contributed by atoms with Crippen LogP contribution in [-0.2, 0) is 9.47 Å². The minimum absolute atomic E-state index is 0.0441. The zero-order chi connectivity index (χ0) is 20.0. The molecule has 1 fully saturated rings. The molecule has 1 rings (SSSR count). The van der Waals surface area contributed by atoms with Gasteiger partial charge in [0.1, 0.15) is 0 Å². The monoisotopic (exact) mass is 377 g/mol. The topological polar surface area (TPSA) is 42.2 Å². The molecule has 3 nitrogen and oxygen atoms in total. The number of hydrogen-bond donors (Lipinski definition) is 0. The summed E-state index contributed by atoms with van der Waals surface area (Å²) in [5.74, 6) is 0.0854. The van der Waals surface area contributed by atoms with E-state index in [0.717, 1.165) is 19.3 Å². The standard InChI is InChI=1S/C20H34F3NO2/c1-6-12-25-16(4)26-19(20(21,22)23)10-8-17(9-11-19)18(5,7-2)13-15(3)14-24/h15-17H,6-13H2,1-5H3. The summed E-state index contributed by atoms with van der Waals surface area (Å²) in [6.45, 7) is 9.89. The van der Waals surface area contributed by atoms with Crippen molar-refractivity contribution in [2.24, 2.45) is 17.3 Å². The predicted octanol–water partition coefficient (Wildman–Crippen LogP) is 6.23. The van der Waals surface area contributed by atoms with Crippen LogP contribution < -0.4 is 0 Å². The number of nitriles is 1. The molecule has 0 aliphatic heterocycles. The van der Waals surface area contributed by atoms with Crippen molar-refractivity contribution in [2.45, 2.75) is 97.6 Å². The maximum absolute atomic E-state index is 13.8. The van der Waals surface area contributed by atoms with Crippen molar-refractivity contribution in [3.8, 4) is 6.07 Å². The van der Waals surface area contributed by atoms with Crippen LogP contribution in [0.4, 0.5) is 13.2 Å². The van der Waals surface area contributed by atoms with E-state index in [4.69, 9.17) is 14.7 Å². The van der Waals surface area contributed by atoms with Crippen LogP contribution in [0.3, 0.4) is 0 Å². The maximum atomic E-state index is 13.8. The molecule has 0 N–H and O–H groups in total. The van der Waals surface area contributed by atoms with Crippen LogP contribution in [0.25, 0.3) is 0 Å². The quantitative estimate of drug-likeness (QED) is 0.447. The lowest BCUT2D eigenvalue weighted by molar-refractivity contribution is -0.332. The summed E-state index contributed by atoms with van der Waals surface area (Å²) < 4.78 is 52.3. The second-order valence-corrected chi connectivity index (χ2v) is 8.06. The van der Waals surface area contributed by atoms with E-state index in [1.165, 1.54) is 0 Å². The summed E-state index contributed by atoms with van der Waals surface area (Å²) >= 11 is 0. The molecule has 0 aromatic rings. The Morgan fingerprint density at radius 2 is 1.77 bits per heavy atom. The maximum Gasteiger partial charge on any atom is 0.417 e. The van der Waals surface area contributed by atoms with Gasteiger partial charge in [0.15, 0.2) is 11.9 Å². The number of halogens is 3. The molecule has 3 unspecified atom stereocenters. The van der Waals surface area contributed by atoms with Gasteiger partial charge >= 0.3 is 6.18 Å². The van der Waals surface area contributed by atoms with Gasteiger partial charge in [-0.05, 0) is 63.7 Å². The molecule has 6 heteroatoms.